The number of fused-ring (bicyclic) bond motifs is 3. The highest BCUT2D eigenvalue weighted by Crippen LogP contribution is 2.45. The van der Waals surface area contributed by atoms with Gasteiger partial charge in [0.1, 0.15) is 6.10 Å². The van der Waals surface area contributed by atoms with Gasteiger partial charge in [-0.1, -0.05) is 18.2 Å². The molecule has 0 spiro atoms. The van der Waals surface area contributed by atoms with Gasteiger partial charge in [-0.3, -0.25) is 4.79 Å². The van der Waals surface area contributed by atoms with Crippen molar-refractivity contribution >= 4 is 27.8 Å². The number of H-pyrrole nitrogens is 1. The Labute approximate surface area is 146 Å². The Kier molecular flexibility index (Phi) is 4.57. The van der Waals surface area contributed by atoms with Gasteiger partial charge in [0.15, 0.2) is 11.5 Å². The van der Waals surface area contributed by atoms with E-state index in [9.17, 15) is 4.79 Å². The Morgan fingerprint density at radius 1 is 1.16 bits per heavy atom. The van der Waals surface area contributed by atoms with E-state index >= 15 is 0 Å². The molecule has 0 amide bonds. The molecule has 132 valence electrons. The van der Waals surface area contributed by atoms with Crippen LogP contribution in [-0.2, 0) is 16.0 Å². The van der Waals surface area contributed by atoms with Gasteiger partial charge in [-0.25, -0.2) is 0 Å². The number of benzene rings is 2. The zero-order valence-electron chi connectivity index (χ0n) is 15.2. The molecule has 0 unspecified atom stereocenters. The van der Waals surface area contributed by atoms with Crippen LogP contribution in [0.25, 0.3) is 21.8 Å². The smallest absolute Gasteiger partial charge is 0.302 e. The molecule has 0 aliphatic carbocycles. The standard InChI is InChI=1S/C20H23NO4/c1-11(25-13(3)22)10-15-12(2)19(23-4)20(24-5)17-14-8-6-7-9-16(14)21-18(15)17/h6-9,11,21H,10H2,1-5H3/t11-/m1/s1. The lowest BCUT2D eigenvalue weighted by Gasteiger charge is -2.19. The van der Waals surface area contributed by atoms with E-state index in [1.807, 2.05) is 32.0 Å². The number of aromatic nitrogens is 1. The van der Waals surface area contributed by atoms with Crippen molar-refractivity contribution in [3.63, 3.8) is 0 Å². The predicted octanol–water partition coefficient (Wildman–Crippen LogP) is 4.14. The van der Waals surface area contributed by atoms with Gasteiger partial charge in [-0.05, 0) is 25.5 Å². The van der Waals surface area contributed by atoms with Crippen LogP contribution in [0.5, 0.6) is 11.5 Å². The summed E-state index contributed by atoms with van der Waals surface area (Å²) < 4.78 is 16.7. The summed E-state index contributed by atoms with van der Waals surface area (Å²) in [6.07, 6.45) is 0.360. The Balaban J connectivity index is 2.31. The molecule has 3 rings (SSSR count). The van der Waals surface area contributed by atoms with Gasteiger partial charge in [0.05, 0.1) is 25.1 Å². The number of hydrogen-bond acceptors (Lipinski definition) is 4. The first kappa shape index (κ1) is 17.1. The minimum Gasteiger partial charge on any atom is -0.493 e. The number of para-hydroxylation sites is 1. The Hall–Kier alpha value is -2.69. The molecule has 0 aliphatic rings. The largest absolute Gasteiger partial charge is 0.493 e. The van der Waals surface area contributed by atoms with E-state index in [1.54, 1.807) is 14.2 Å². The predicted molar refractivity (Wildman–Crippen MR) is 98.6 cm³/mol. The van der Waals surface area contributed by atoms with E-state index in [4.69, 9.17) is 14.2 Å². The minimum absolute atomic E-state index is 0.232. The number of methoxy groups -OCH3 is 2. The molecule has 1 atom stereocenters. The molecular weight excluding hydrogens is 318 g/mol. The molecule has 0 fully saturated rings. The first-order valence-corrected chi connectivity index (χ1v) is 8.29. The van der Waals surface area contributed by atoms with E-state index in [0.29, 0.717) is 12.2 Å². The number of ether oxygens (including phenoxy) is 3. The van der Waals surface area contributed by atoms with Crippen LogP contribution in [0.2, 0.25) is 0 Å². The van der Waals surface area contributed by atoms with Crippen LogP contribution in [0.15, 0.2) is 24.3 Å². The molecule has 0 saturated carbocycles. The molecule has 5 nitrogen and oxygen atoms in total. The average molecular weight is 341 g/mol. The molecule has 0 saturated heterocycles. The van der Waals surface area contributed by atoms with Crippen molar-refractivity contribution in [2.24, 2.45) is 0 Å². The lowest BCUT2D eigenvalue weighted by atomic mass is 9.97. The highest BCUT2D eigenvalue weighted by atomic mass is 16.5. The fourth-order valence-electron chi connectivity index (χ4n) is 3.52. The third kappa shape index (κ3) is 2.90. The van der Waals surface area contributed by atoms with Crippen LogP contribution in [0.3, 0.4) is 0 Å². The summed E-state index contributed by atoms with van der Waals surface area (Å²) in [5.41, 5.74) is 4.08. The van der Waals surface area contributed by atoms with Gasteiger partial charge in [0, 0.05) is 29.8 Å². The van der Waals surface area contributed by atoms with Crippen molar-refractivity contribution in [1.29, 1.82) is 0 Å². The molecule has 0 radical (unpaired) electrons. The number of esters is 1. The highest BCUT2D eigenvalue weighted by molar-refractivity contribution is 6.13. The van der Waals surface area contributed by atoms with Crippen molar-refractivity contribution in [2.75, 3.05) is 14.2 Å². The zero-order valence-corrected chi connectivity index (χ0v) is 15.2. The summed E-state index contributed by atoms with van der Waals surface area (Å²) in [6.45, 7) is 5.32. The van der Waals surface area contributed by atoms with E-state index < -0.39 is 0 Å². The fraction of sp³-hybridized carbons (Fsp3) is 0.350. The number of carbonyl (C=O) groups excluding carboxylic acids is 1. The van der Waals surface area contributed by atoms with Crippen LogP contribution in [0, 0.1) is 6.92 Å². The van der Waals surface area contributed by atoms with Crippen molar-refractivity contribution in [3.8, 4) is 11.5 Å². The van der Waals surface area contributed by atoms with E-state index in [-0.39, 0.29) is 12.1 Å². The van der Waals surface area contributed by atoms with Crippen molar-refractivity contribution < 1.29 is 19.0 Å². The number of nitrogens with one attached hydrogen (secondary N) is 1. The van der Waals surface area contributed by atoms with Crippen LogP contribution in [-0.4, -0.2) is 31.3 Å². The molecule has 0 bridgehead atoms. The van der Waals surface area contributed by atoms with Gasteiger partial charge in [-0.15, -0.1) is 0 Å². The van der Waals surface area contributed by atoms with Gasteiger partial charge >= 0.3 is 5.97 Å². The molecule has 1 aromatic heterocycles. The van der Waals surface area contributed by atoms with Crippen LogP contribution in [0.4, 0.5) is 0 Å². The van der Waals surface area contributed by atoms with Crippen LogP contribution < -0.4 is 9.47 Å². The van der Waals surface area contributed by atoms with Crippen LogP contribution >= 0.6 is 0 Å². The van der Waals surface area contributed by atoms with Crippen molar-refractivity contribution in [2.45, 2.75) is 33.3 Å². The first-order valence-electron chi connectivity index (χ1n) is 8.29. The molecule has 3 aromatic rings. The Morgan fingerprint density at radius 2 is 1.84 bits per heavy atom. The number of aromatic amines is 1. The minimum atomic E-state index is -0.279. The average Bonchev–Trinajstić information content (AvgIpc) is 2.95. The third-order valence-corrected chi connectivity index (χ3v) is 4.50. The van der Waals surface area contributed by atoms with Crippen LogP contribution in [0.1, 0.15) is 25.0 Å². The maximum Gasteiger partial charge on any atom is 0.302 e. The summed E-state index contributed by atoms with van der Waals surface area (Å²) in [7, 11) is 3.30. The Morgan fingerprint density at radius 3 is 2.48 bits per heavy atom. The van der Waals surface area contributed by atoms with Crippen molar-refractivity contribution in [1.82, 2.24) is 4.98 Å². The molecule has 2 aromatic carbocycles. The summed E-state index contributed by atoms with van der Waals surface area (Å²) in [6, 6.07) is 8.10. The third-order valence-electron chi connectivity index (χ3n) is 4.50. The van der Waals surface area contributed by atoms with Gasteiger partial charge in [0.2, 0.25) is 0 Å². The number of carbonyl (C=O) groups is 1. The summed E-state index contributed by atoms with van der Waals surface area (Å²) in [4.78, 5) is 14.8. The summed E-state index contributed by atoms with van der Waals surface area (Å²) in [5.74, 6) is 1.15. The quantitative estimate of drug-likeness (QED) is 0.709. The van der Waals surface area contributed by atoms with Gasteiger partial charge in [-0.2, -0.15) is 0 Å². The van der Waals surface area contributed by atoms with Gasteiger partial charge < -0.3 is 19.2 Å². The summed E-state index contributed by atoms with van der Waals surface area (Å²) in [5, 5.41) is 2.07. The second kappa shape index (κ2) is 6.67. The molecule has 1 N–H and O–H groups in total. The maximum absolute atomic E-state index is 11.3. The lowest BCUT2D eigenvalue weighted by molar-refractivity contribution is -0.145. The SMILES string of the molecule is COc1c(C)c(C[C@@H](C)OC(C)=O)c2[nH]c3ccccc3c2c1OC. The topological polar surface area (TPSA) is 60.5 Å². The highest BCUT2D eigenvalue weighted by Gasteiger charge is 2.23. The zero-order chi connectivity index (χ0) is 18.1. The van der Waals surface area contributed by atoms with E-state index in [2.05, 4.69) is 11.1 Å². The second-order valence-corrected chi connectivity index (χ2v) is 6.21. The normalized spacial score (nSPS) is 12.4. The second-order valence-electron chi connectivity index (χ2n) is 6.21. The fourth-order valence-corrected chi connectivity index (χ4v) is 3.52. The van der Waals surface area contributed by atoms with E-state index in [0.717, 1.165) is 38.7 Å². The Bertz CT molecular complexity index is 942. The number of hydrogen-bond donors (Lipinski definition) is 1. The molecular formula is C20H23NO4. The number of rotatable bonds is 5. The molecule has 1 heterocycles. The lowest BCUT2D eigenvalue weighted by Crippen LogP contribution is -2.16. The molecule has 0 aliphatic heterocycles. The first-order chi connectivity index (χ1) is 12.0. The molecule has 25 heavy (non-hydrogen) atoms. The maximum atomic E-state index is 11.3. The van der Waals surface area contributed by atoms with Gasteiger partial charge in [0.25, 0.3) is 0 Å². The van der Waals surface area contributed by atoms with Crippen molar-refractivity contribution in [3.05, 3.63) is 35.4 Å². The summed E-state index contributed by atoms with van der Waals surface area (Å²) >= 11 is 0. The van der Waals surface area contributed by atoms with E-state index in [1.165, 1.54) is 6.92 Å². The monoisotopic (exact) mass is 341 g/mol. The molecule has 5 heteroatoms.